The number of carbonyl (C=O) groups is 1. The van der Waals surface area contributed by atoms with Gasteiger partial charge in [0.1, 0.15) is 0 Å². The van der Waals surface area contributed by atoms with E-state index in [0.29, 0.717) is 0 Å². The van der Waals surface area contributed by atoms with Gasteiger partial charge in [-0.3, -0.25) is 4.79 Å². The molecule has 110 valence electrons. The van der Waals surface area contributed by atoms with Crippen molar-refractivity contribution in [3.05, 3.63) is 23.3 Å². The molecular formula is C18H26O2. The number of esters is 1. The summed E-state index contributed by atoms with van der Waals surface area (Å²) < 4.78 is 5.51. The monoisotopic (exact) mass is 274 g/mol. The molecule has 0 unspecified atom stereocenters. The summed E-state index contributed by atoms with van der Waals surface area (Å²) in [5.41, 5.74) is 2.13. The maximum absolute atomic E-state index is 12.3. The van der Waals surface area contributed by atoms with Gasteiger partial charge in [0.2, 0.25) is 0 Å². The molecule has 0 amide bonds. The smallest absolute Gasteiger partial charge is 0.311 e. The molecule has 1 saturated carbocycles. The normalized spacial score (nSPS) is 25.4. The molecule has 1 aliphatic carbocycles. The zero-order valence-corrected chi connectivity index (χ0v) is 13.5. The van der Waals surface area contributed by atoms with Crippen molar-refractivity contribution >= 4 is 5.97 Å². The molecule has 0 radical (unpaired) electrons. The van der Waals surface area contributed by atoms with Crippen LogP contribution in [-0.4, -0.2) is 12.1 Å². The largest absolute Gasteiger partial charge is 0.444 e. The average Bonchev–Trinajstić information content (AvgIpc) is 2.86. The molecule has 3 atom stereocenters. The Morgan fingerprint density at radius 1 is 1.40 bits per heavy atom. The summed E-state index contributed by atoms with van der Waals surface area (Å²) >= 11 is 0. The maximum atomic E-state index is 12.3. The number of rotatable bonds is 5. The Kier molecular flexibility index (Phi) is 5.22. The summed E-state index contributed by atoms with van der Waals surface area (Å²) in [6.45, 7) is 12.2. The SMILES string of the molecule is C#C[C@@H](OC(=O)[C@H]1[C@H](C=C(C)C)C1(C)C)/C(C)=C\CC. The van der Waals surface area contributed by atoms with Crippen LogP contribution in [-0.2, 0) is 9.53 Å². The van der Waals surface area contributed by atoms with E-state index in [1.54, 1.807) is 0 Å². The first-order valence-electron chi connectivity index (χ1n) is 7.24. The minimum absolute atomic E-state index is 0.0319. The molecule has 0 aromatic heterocycles. The highest BCUT2D eigenvalue weighted by molar-refractivity contribution is 5.79. The number of terminal acetylenes is 1. The lowest BCUT2D eigenvalue weighted by Gasteiger charge is -2.13. The molecule has 0 aromatic rings. The fourth-order valence-corrected chi connectivity index (χ4v) is 2.67. The van der Waals surface area contributed by atoms with Crippen LogP contribution in [0.1, 0.15) is 48.0 Å². The lowest BCUT2D eigenvalue weighted by atomic mass is 10.1. The van der Waals surface area contributed by atoms with Gasteiger partial charge in [0.05, 0.1) is 5.92 Å². The van der Waals surface area contributed by atoms with Crippen LogP contribution in [0.15, 0.2) is 23.3 Å². The van der Waals surface area contributed by atoms with E-state index < -0.39 is 6.10 Å². The van der Waals surface area contributed by atoms with Crippen LogP contribution in [0.25, 0.3) is 0 Å². The molecule has 1 aliphatic rings. The summed E-state index contributed by atoms with van der Waals surface area (Å²) in [6, 6.07) is 0. The number of hydrogen-bond acceptors (Lipinski definition) is 2. The molecule has 2 heteroatoms. The molecule has 0 heterocycles. The van der Waals surface area contributed by atoms with E-state index in [1.165, 1.54) is 5.57 Å². The minimum atomic E-state index is -0.536. The molecule has 20 heavy (non-hydrogen) atoms. The van der Waals surface area contributed by atoms with Crippen LogP contribution < -0.4 is 0 Å². The van der Waals surface area contributed by atoms with Gasteiger partial charge in [0, 0.05) is 0 Å². The minimum Gasteiger partial charge on any atom is -0.444 e. The molecule has 1 rings (SSSR count). The summed E-state index contributed by atoms with van der Waals surface area (Å²) in [6.07, 6.45) is 9.99. The van der Waals surface area contributed by atoms with Crippen LogP contribution in [0.3, 0.4) is 0 Å². The van der Waals surface area contributed by atoms with Crippen molar-refractivity contribution in [1.82, 2.24) is 0 Å². The van der Waals surface area contributed by atoms with Gasteiger partial charge in [0.15, 0.2) is 6.10 Å². The van der Waals surface area contributed by atoms with Gasteiger partial charge >= 0.3 is 5.97 Å². The van der Waals surface area contributed by atoms with Crippen molar-refractivity contribution in [2.45, 2.75) is 54.1 Å². The van der Waals surface area contributed by atoms with Gasteiger partial charge in [0.25, 0.3) is 0 Å². The Morgan fingerprint density at radius 3 is 2.45 bits per heavy atom. The van der Waals surface area contributed by atoms with Gasteiger partial charge in [-0.05, 0) is 44.1 Å². The quantitative estimate of drug-likeness (QED) is 0.428. The van der Waals surface area contributed by atoms with E-state index >= 15 is 0 Å². The van der Waals surface area contributed by atoms with Crippen molar-refractivity contribution < 1.29 is 9.53 Å². The highest BCUT2D eigenvalue weighted by Gasteiger charge is 2.61. The molecule has 0 aliphatic heterocycles. The average molecular weight is 274 g/mol. The third kappa shape index (κ3) is 3.54. The molecule has 0 saturated heterocycles. The molecule has 0 N–H and O–H groups in total. The molecular weight excluding hydrogens is 248 g/mol. The Morgan fingerprint density at radius 2 is 2.00 bits per heavy atom. The van der Waals surface area contributed by atoms with Crippen molar-refractivity contribution in [3.63, 3.8) is 0 Å². The van der Waals surface area contributed by atoms with Crippen molar-refractivity contribution in [1.29, 1.82) is 0 Å². The summed E-state index contributed by atoms with van der Waals surface area (Å²) in [5, 5.41) is 0. The second kappa shape index (κ2) is 6.31. The molecule has 0 bridgehead atoms. The van der Waals surface area contributed by atoms with E-state index in [0.717, 1.165) is 12.0 Å². The second-order valence-corrected chi connectivity index (χ2v) is 6.41. The summed E-state index contributed by atoms with van der Waals surface area (Å²) in [4.78, 5) is 12.3. The maximum Gasteiger partial charge on any atom is 0.311 e. The Hall–Kier alpha value is -1.49. The number of allylic oxidation sites excluding steroid dienone is 3. The Labute approximate surface area is 123 Å². The van der Waals surface area contributed by atoms with Crippen molar-refractivity contribution in [2.24, 2.45) is 17.3 Å². The van der Waals surface area contributed by atoms with Crippen molar-refractivity contribution in [3.8, 4) is 12.3 Å². The van der Waals surface area contributed by atoms with Crippen molar-refractivity contribution in [2.75, 3.05) is 0 Å². The standard InChI is InChI=1S/C18H26O2/c1-8-10-13(5)15(9-2)20-17(19)16-14(11-12(3)4)18(16,6)7/h2,10-11,14-16H,8H2,1,3-7H3/b13-10-/t14-,15+,16+/m0/s1. The Bertz CT molecular complexity index is 470. The highest BCUT2D eigenvalue weighted by Crippen LogP contribution is 2.59. The zero-order valence-electron chi connectivity index (χ0n) is 13.5. The number of hydrogen-bond donors (Lipinski definition) is 0. The van der Waals surface area contributed by atoms with E-state index in [1.807, 2.05) is 19.9 Å². The van der Waals surface area contributed by atoms with Gasteiger partial charge in [-0.25, -0.2) is 0 Å². The van der Waals surface area contributed by atoms with E-state index in [2.05, 4.69) is 39.7 Å². The molecule has 1 fully saturated rings. The Balaban J connectivity index is 2.76. The van der Waals surface area contributed by atoms with Gasteiger partial charge in [-0.2, -0.15) is 0 Å². The summed E-state index contributed by atoms with van der Waals surface area (Å²) in [5.74, 6) is 2.56. The third-order valence-corrected chi connectivity index (χ3v) is 4.00. The van der Waals surface area contributed by atoms with E-state index in [4.69, 9.17) is 11.2 Å². The first-order chi connectivity index (χ1) is 9.25. The molecule has 0 spiro atoms. The summed E-state index contributed by atoms with van der Waals surface area (Å²) in [7, 11) is 0. The van der Waals surface area contributed by atoms with Gasteiger partial charge < -0.3 is 4.74 Å². The van der Waals surface area contributed by atoms with Gasteiger partial charge in [-0.1, -0.05) is 44.4 Å². The van der Waals surface area contributed by atoms with Crippen LogP contribution in [0.2, 0.25) is 0 Å². The predicted molar refractivity (Wildman–Crippen MR) is 83.0 cm³/mol. The van der Waals surface area contributed by atoms with Crippen LogP contribution in [0.4, 0.5) is 0 Å². The van der Waals surface area contributed by atoms with Crippen LogP contribution in [0, 0.1) is 29.6 Å². The molecule has 2 nitrogen and oxygen atoms in total. The first kappa shape index (κ1) is 16.6. The number of carbonyl (C=O) groups excluding carboxylic acids is 1. The van der Waals surface area contributed by atoms with Crippen LogP contribution in [0.5, 0.6) is 0 Å². The topological polar surface area (TPSA) is 26.3 Å². The fraction of sp³-hybridized carbons (Fsp3) is 0.611. The predicted octanol–water partition coefficient (Wildman–Crippen LogP) is 4.13. The third-order valence-electron chi connectivity index (χ3n) is 4.00. The zero-order chi connectivity index (χ0) is 15.5. The second-order valence-electron chi connectivity index (χ2n) is 6.41. The van der Waals surface area contributed by atoms with Gasteiger partial charge in [-0.15, -0.1) is 6.42 Å². The lowest BCUT2D eigenvalue weighted by Crippen LogP contribution is -2.20. The molecule has 0 aromatic carbocycles. The van der Waals surface area contributed by atoms with E-state index in [-0.39, 0.29) is 23.2 Å². The number of ether oxygens (including phenoxy) is 1. The fourth-order valence-electron chi connectivity index (χ4n) is 2.67. The van der Waals surface area contributed by atoms with E-state index in [9.17, 15) is 4.79 Å². The highest BCUT2D eigenvalue weighted by atomic mass is 16.5. The lowest BCUT2D eigenvalue weighted by molar-refractivity contribution is -0.147. The van der Waals surface area contributed by atoms with Crippen LogP contribution >= 0.6 is 0 Å². The first-order valence-corrected chi connectivity index (χ1v) is 7.24.